The fourth-order valence-corrected chi connectivity index (χ4v) is 1.65. The maximum atomic E-state index is 11.7. The summed E-state index contributed by atoms with van der Waals surface area (Å²) in [7, 11) is 0. The van der Waals surface area contributed by atoms with E-state index in [0.717, 1.165) is 5.56 Å². The van der Waals surface area contributed by atoms with Crippen LogP contribution in [0.2, 0.25) is 0 Å². The van der Waals surface area contributed by atoms with Crippen LogP contribution < -0.4 is 15.6 Å². The van der Waals surface area contributed by atoms with E-state index in [2.05, 4.69) is 15.8 Å². The standard InChI is InChI=1S/C16H17N3O3/c1-12-4-6-14(7-5-12)22-10-8-15(20)18-19-16(21)13-3-2-9-17-11-13/h2-7,9,11H,8,10H2,1H3,(H,18,20)(H,19,21). The Morgan fingerprint density at radius 1 is 1.14 bits per heavy atom. The topological polar surface area (TPSA) is 80.3 Å². The fourth-order valence-electron chi connectivity index (χ4n) is 1.65. The van der Waals surface area contributed by atoms with E-state index in [0.29, 0.717) is 11.3 Å². The van der Waals surface area contributed by atoms with Crippen LogP contribution in [-0.2, 0) is 4.79 Å². The van der Waals surface area contributed by atoms with Crippen LogP contribution in [0.1, 0.15) is 22.3 Å². The first-order valence-electron chi connectivity index (χ1n) is 6.84. The molecule has 1 aromatic heterocycles. The Morgan fingerprint density at radius 3 is 2.59 bits per heavy atom. The second-order valence-corrected chi connectivity index (χ2v) is 4.66. The van der Waals surface area contributed by atoms with Crippen molar-refractivity contribution in [3.63, 3.8) is 0 Å². The first kappa shape index (κ1) is 15.5. The van der Waals surface area contributed by atoms with Crippen LogP contribution in [-0.4, -0.2) is 23.4 Å². The van der Waals surface area contributed by atoms with Gasteiger partial charge in [0.1, 0.15) is 5.75 Å². The van der Waals surface area contributed by atoms with Crippen LogP contribution in [0.5, 0.6) is 5.75 Å². The second kappa shape index (κ2) is 7.78. The van der Waals surface area contributed by atoms with Crippen LogP contribution in [0, 0.1) is 6.92 Å². The number of carbonyl (C=O) groups excluding carboxylic acids is 2. The number of aryl methyl sites for hydroxylation is 1. The predicted octanol–water partition coefficient (Wildman–Crippen LogP) is 1.62. The number of aromatic nitrogens is 1. The van der Waals surface area contributed by atoms with Crippen LogP contribution in [0.15, 0.2) is 48.8 Å². The molecule has 2 rings (SSSR count). The van der Waals surface area contributed by atoms with Gasteiger partial charge in [0.2, 0.25) is 5.91 Å². The highest BCUT2D eigenvalue weighted by Gasteiger charge is 2.07. The zero-order valence-electron chi connectivity index (χ0n) is 12.2. The van der Waals surface area contributed by atoms with Crippen LogP contribution in [0.3, 0.4) is 0 Å². The lowest BCUT2D eigenvalue weighted by Crippen LogP contribution is -2.42. The Morgan fingerprint density at radius 2 is 1.91 bits per heavy atom. The van der Waals surface area contributed by atoms with Crippen molar-refractivity contribution in [2.45, 2.75) is 13.3 Å². The quantitative estimate of drug-likeness (QED) is 0.822. The number of hydrazine groups is 1. The van der Waals surface area contributed by atoms with Gasteiger partial charge in [0.05, 0.1) is 18.6 Å². The molecule has 2 N–H and O–H groups in total. The first-order valence-corrected chi connectivity index (χ1v) is 6.84. The molecule has 0 aliphatic carbocycles. The van der Waals surface area contributed by atoms with Gasteiger partial charge in [-0.2, -0.15) is 0 Å². The number of nitrogens with zero attached hydrogens (tertiary/aromatic N) is 1. The molecule has 2 amide bonds. The number of amides is 2. The van der Waals surface area contributed by atoms with Crippen molar-refractivity contribution in [2.24, 2.45) is 0 Å². The molecule has 0 spiro atoms. The maximum absolute atomic E-state index is 11.7. The van der Waals surface area contributed by atoms with E-state index < -0.39 is 5.91 Å². The summed E-state index contributed by atoms with van der Waals surface area (Å²) in [6, 6.07) is 10.8. The molecule has 22 heavy (non-hydrogen) atoms. The smallest absolute Gasteiger partial charge is 0.271 e. The molecule has 2 aromatic rings. The molecular formula is C16H17N3O3. The van der Waals surface area contributed by atoms with Gasteiger partial charge in [-0.1, -0.05) is 17.7 Å². The van der Waals surface area contributed by atoms with Crippen LogP contribution in [0.25, 0.3) is 0 Å². The summed E-state index contributed by atoms with van der Waals surface area (Å²) in [5, 5.41) is 0. The zero-order chi connectivity index (χ0) is 15.8. The Hall–Kier alpha value is -2.89. The molecule has 0 bridgehead atoms. The highest BCUT2D eigenvalue weighted by molar-refractivity contribution is 5.95. The highest BCUT2D eigenvalue weighted by atomic mass is 16.5. The maximum Gasteiger partial charge on any atom is 0.271 e. The summed E-state index contributed by atoms with van der Waals surface area (Å²) >= 11 is 0. The number of rotatable bonds is 5. The lowest BCUT2D eigenvalue weighted by molar-refractivity contribution is -0.122. The summed E-state index contributed by atoms with van der Waals surface area (Å²) in [6.07, 6.45) is 3.13. The molecular weight excluding hydrogens is 282 g/mol. The van der Waals surface area contributed by atoms with E-state index in [-0.39, 0.29) is 18.9 Å². The van der Waals surface area contributed by atoms with Gasteiger partial charge in [-0.05, 0) is 31.2 Å². The number of nitrogens with one attached hydrogen (secondary N) is 2. The number of benzene rings is 1. The normalized spacial score (nSPS) is 9.86. The zero-order valence-corrected chi connectivity index (χ0v) is 12.2. The molecule has 114 valence electrons. The monoisotopic (exact) mass is 299 g/mol. The lowest BCUT2D eigenvalue weighted by atomic mass is 10.2. The summed E-state index contributed by atoms with van der Waals surface area (Å²) in [5.41, 5.74) is 6.17. The average molecular weight is 299 g/mol. The number of pyridine rings is 1. The number of hydrogen-bond donors (Lipinski definition) is 2. The third-order valence-electron chi connectivity index (χ3n) is 2.86. The SMILES string of the molecule is Cc1ccc(OCCC(=O)NNC(=O)c2cccnc2)cc1. The Bertz CT molecular complexity index is 627. The van der Waals surface area contributed by atoms with E-state index >= 15 is 0 Å². The van der Waals surface area contributed by atoms with Crippen molar-refractivity contribution in [2.75, 3.05) is 6.61 Å². The van der Waals surface area contributed by atoms with Gasteiger partial charge in [-0.3, -0.25) is 25.4 Å². The van der Waals surface area contributed by atoms with Crippen LogP contribution in [0.4, 0.5) is 0 Å². The Kier molecular flexibility index (Phi) is 5.48. The number of carbonyl (C=O) groups is 2. The van der Waals surface area contributed by atoms with E-state index in [1.807, 2.05) is 31.2 Å². The van der Waals surface area contributed by atoms with Gasteiger partial charge in [0, 0.05) is 12.4 Å². The van der Waals surface area contributed by atoms with Crippen molar-refractivity contribution >= 4 is 11.8 Å². The summed E-state index contributed by atoms with van der Waals surface area (Å²) in [4.78, 5) is 27.1. The molecule has 0 aliphatic rings. The van der Waals surface area contributed by atoms with Gasteiger partial charge < -0.3 is 4.74 Å². The van der Waals surface area contributed by atoms with Crippen LogP contribution >= 0.6 is 0 Å². The van der Waals surface area contributed by atoms with Gasteiger partial charge >= 0.3 is 0 Å². The Labute approximate surface area is 128 Å². The molecule has 1 aromatic carbocycles. The van der Waals surface area contributed by atoms with Gasteiger partial charge in [-0.25, -0.2) is 0 Å². The molecule has 0 unspecified atom stereocenters. The van der Waals surface area contributed by atoms with Gasteiger partial charge in [0.15, 0.2) is 0 Å². The molecule has 0 radical (unpaired) electrons. The first-order chi connectivity index (χ1) is 10.6. The summed E-state index contributed by atoms with van der Waals surface area (Å²) < 4.78 is 5.44. The number of hydrogen-bond acceptors (Lipinski definition) is 4. The minimum absolute atomic E-state index is 0.140. The van der Waals surface area contributed by atoms with Gasteiger partial charge in [-0.15, -0.1) is 0 Å². The third kappa shape index (κ3) is 4.90. The summed E-state index contributed by atoms with van der Waals surface area (Å²) in [5.74, 6) is -0.0388. The molecule has 0 aliphatic heterocycles. The highest BCUT2D eigenvalue weighted by Crippen LogP contribution is 2.11. The van der Waals surface area contributed by atoms with E-state index in [4.69, 9.17) is 4.74 Å². The van der Waals surface area contributed by atoms with Crippen molar-refractivity contribution in [3.05, 3.63) is 59.9 Å². The van der Waals surface area contributed by atoms with E-state index in [1.165, 1.54) is 6.20 Å². The predicted molar refractivity (Wildman–Crippen MR) is 81.1 cm³/mol. The molecule has 0 saturated heterocycles. The fraction of sp³-hybridized carbons (Fsp3) is 0.188. The Balaban J connectivity index is 1.68. The van der Waals surface area contributed by atoms with E-state index in [9.17, 15) is 9.59 Å². The number of ether oxygens (including phenoxy) is 1. The lowest BCUT2D eigenvalue weighted by Gasteiger charge is -2.08. The van der Waals surface area contributed by atoms with Crippen molar-refractivity contribution in [1.29, 1.82) is 0 Å². The average Bonchev–Trinajstić information content (AvgIpc) is 2.55. The molecule has 6 nitrogen and oxygen atoms in total. The molecule has 1 heterocycles. The van der Waals surface area contributed by atoms with Crippen molar-refractivity contribution < 1.29 is 14.3 Å². The molecule has 0 fully saturated rings. The minimum atomic E-state index is -0.416. The van der Waals surface area contributed by atoms with E-state index in [1.54, 1.807) is 18.3 Å². The molecule has 6 heteroatoms. The summed E-state index contributed by atoms with van der Waals surface area (Å²) in [6.45, 7) is 2.22. The largest absolute Gasteiger partial charge is 0.493 e. The second-order valence-electron chi connectivity index (χ2n) is 4.66. The molecule has 0 atom stereocenters. The van der Waals surface area contributed by atoms with Crippen molar-refractivity contribution in [3.8, 4) is 5.75 Å². The minimum Gasteiger partial charge on any atom is -0.493 e. The van der Waals surface area contributed by atoms with Gasteiger partial charge in [0.25, 0.3) is 5.91 Å². The third-order valence-corrected chi connectivity index (χ3v) is 2.86. The van der Waals surface area contributed by atoms with Crippen molar-refractivity contribution in [1.82, 2.24) is 15.8 Å². The molecule has 0 saturated carbocycles.